The Morgan fingerprint density at radius 2 is 0.465 bits per heavy atom. The van der Waals surface area contributed by atoms with Crippen LogP contribution in [0, 0.1) is 0 Å². The van der Waals surface area contributed by atoms with Gasteiger partial charge in [0.15, 0.2) is 6.10 Å². The number of carbonyl (C=O) groups is 3. The molecule has 0 bridgehead atoms. The fourth-order valence-electron chi connectivity index (χ4n) is 9.91. The van der Waals surface area contributed by atoms with Crippen molar-refractivity contribution in [3.8, 4) is 0 Å². The normalized spacial score (nSPS) is 12.0. The van der Waals surface area contributed by atoms with Crippen LogP contribution in [0.1, 0.15) is 367 Å². The van der Waals surface area contributed by atoms with Gasteiger partial charge in [-0.2, -0.15) is 0 Å². The fraction of sp³-hybridized carbons (Fsp3) is 0.923. The van der Waals surface area contributed by atoms with E-state index in [1.165, 1.54) is 263 Å². The molecule has 0 fully saturated rings. The van der Waals surface area contributed by atoms with Crippen LogP contribution in [0.15, 0.2) is 12.2 Å². The molecule has 0 spiro atoms. The lowest BCUT2D eigenvalue weighted by molar-refractivity contribution is -0.167. The molecule has 0 amide bonds. The summed E-state index contributed by atoms with van der Waals surface area (Å²) in [5.74, 6) is -0.846. The molecular weight excluding hydrogens is 877 g/mol. The Morgan fingerprint density at radius 3 is 0.732 bits per heavy atom. The van der Waals surface area contributed by atoms with Crippen molar-refractivity contribution in [2.24, 2.45) is 0 Å². The highest BCUT2D eigenvalue weighted by Crippen LogP contribution is 2.18. The molecule has 0 N–H and O–H groups in total. The maximum absolute atomic E-state index is 12.9. The molecular formula is C65H124O6. The predicted molar refractivity (Wildman–Crippen MR) is 307 cm³/mol. The zero-order valence-corrected chi connectivity index (χ0v) is 48.3. The standard InChI is InChI=1S/C65H124O6/c1-4-7-10-13-16-19-22-25-27-29-30-31-32-33-34-35-37-38-40-43-46-49-52-55-58-64(67)70-61-62(60-69-63(66)57-54-51-48-45-42-24-21-18-15-12-9-6-3)71-65(68)59-56-53-50-47-44-41-39-36-28-26-23-20-17-14-11-8-5-2/h18,21,62H,4-17,19-20,22-61H2,1-3H3/b21-18-. The van der Waals surface area contributed by atoms with E-state index in [2.05, 4.69) is 32.9 Å². The van der Waals surface area contributed by atoms with E-state index in [4.69, 9.17) is 14.2 Å². The lowest BCUT2D eigenvalue weighted by Crippen LogP contribution is -2.30. The summed E-state index contributed by atoms with van der Waals surface area (Å²) in [7, 11) is 0. The van der Waals surface area contributed by atoms with Gasteiger partial charge >= 0.3 is 17.9 Å². The van der Waals surface area contributed by atoms with Crippen molar-refractivity contribution in [2.45, 2.75) is 374 Å². The van der Waals surface area contributed by atoms with Crippen LogP contribution in [0.4, 0.5) is 0 Å². The Hall–Kier alpha value is -1.85. The van der Waals surface area contributed by atoms with Gasteiger partial charge in [-0.1, -0.05) is 315 Å². The van der Waals surface area contributed by atoms with Gasteiger partial charge in [-0.15, -0.1) is 0 Å². The van der Waals surface area contributed by atoms with E-state index in [-0.39, 0.29) is 31.1 Å². The van der Waals surface area contributed by atoms with E-state index < -0.39 is 6.10 Å². The first-order valence-electron chi connectivity index (χ1n) is 32.2. The molecule has 0 aliphatic carbocycles. The lowest BCUT2D eigenvalue weighted by atomic mass is 10.0. The number of carbonyl (C=O) groups excluding carboxylic acids is 3. The summed E-state index contributed by atoms with van der Waals surface area (Å²) in [5.41, 5.74) is 0. The summed E-state index contributed by atoms with van der Waals surface area (Å²) in [6.07, 6.45) is 70.8. The minimum absolute atomic E-state index is 0.0661. The number of hydrogen-bond donors (Lipinski definition) is 0. The van der Waals surface area contributed by atoms with Crippen molar-refractivity contribution < 1.29 is 28.6 Å². The van der Waals surface area contributed by atoms with E-state index in [1.807, 2.05) is 0 Å². The molecule has 1 unspecified atom stereocenters. The van der Waals surface area contributed by atoms with Gasteiger partial charge in [-0.05, 0) is 44.9 Å². The zero-order chi connectivity index (χ0) is 51.4. The molecule has 0 aromatic carbocycles. The van der Waals surface area contributed by atoms with Gasteiger partial charge in [0.25, 0.3) is 0 Å². The third-order valence-electron chi connectivity index (χ3n) is 14.8. The highest BCUT2D eigenvalue weighted by atomic mass is 16.6. The smallest absolute Gasteiger partial charge is 0.306 e. The Balaban J connectivity index is 4.20. The van der Waals surface area contributed by atoms with Gasteiger partial charge < -0.3 is 14.2 Å². The number of ether oxygens (including phenoxy) is 3. The van der Waals surface area contributed by atoms with Gasteiger partial charge in [0.1, 0.15) is 13.2 Å². The summed E-state index contributed by atoms with van der Waals surface area (Å²) in [5, 5.41) is 0. The minimum Gasteiger partial charge on any atom is -0.462 e. The Morgan fingerprint density at radius 1 is 0.268 bits per heavy atom. The first kappa shape index (κ1) is 69.2. The number of esters is 3. The number of rotatable bonds is 60. The van der Waals surface area contributed by atoms with Gasteiger partial charge in [-0.3, -0.25) is 14.4 Å². The average molecular weight is 1000 g/mol. The van der Waals surface area contributed by atoms with Gasteiger partial charge in [0, 0.05) is 19.3 Å². The van der Waals surface area contributed by atoms with Crippen LogP contribution in [-0.2, 0) is 28.6 Å². The molecule has 420 valence electrons. The van der Waals surface area contributed by atoms with E-state index in [9.17, 15) is 14.4 Å². The van der Waals surface area contributed by atoms with Crippen molar-refractivity contribution in [3.63, 3.8) is 0 Å². The third-order valence-corrected chi connectivity index (χ3v) is 14.8. The second-order valence-electron chi connectivity index (χ2n) is 22.0. The summed E-state index contributed by atoms with van der Waals surface area (Å²) < 4.78 is 16.9. The van der Waals surface area contributed by atoms with Crippen LogP contribution < -0.4 is 0 Å². The lowest BCUT2D eigenvalue weighted by Gasteiger charge is -2.18. The third kappa shape index (κ3) is 58.9. The van der Waals surface area contributed by atoms with Gasteiger partial charge in [-0.25, -0.2) is 0 Å². The average Bonchev–Trinajstić information content (AvgIpc) is 3.37. The molecule has 0 radical (unpaired) electrons. The van der Waals surface area contributed by atoms with Crippen molar-refractivity contribution in [3.05, 3.63) is 12.2 Å². The fourth-order valence-corrected chi connectivity index (χ4v) is 9.91. The van der Waals surface area contributed by atoms with E-state index in [0.29, 0.717) is 19.3 Å². The quantitative estimate of drug-likeness (QED) is 0.0261. The zero-order valence-electron chi connectivity index (χ0n) is 48.3. The molecule has 0 aromatic heterocycles. The van der Waals surface area contributed by atoms with E-state index in [1.54, 1.807) is 0 Å². The SMILES string of the molecule is CCCCC/C=C\CCCCCCCC(=O)OCC(COC(=O)CCCCCCCCCCCCCCCCCCCCCCCCCC)OC(=O)CCCCCCCCCCCCCCCCCCC. The molecule has 6 nitrogen and oxygen atoms in total. The maximum Gasteiger partial charge on any atom is 0.306 e. The molecule has 0 aromatic rings. The Labute approximate surface area is 443 Å². The van der Waals surface area contributed by atoms with Crippen molar-refractivity contribution in [2.75, 3.05) is 13.2 Å². The molecule has 0 saturated heterocycles. The monoisotopic (exact) mass is 1000 g/mol. The number of unbranched alkanes of at least 4 members (excludes halogenated alkanes) is 47. The second kappa shape index (κ2) is 60.7. The highest BCUT2D eigenvalue weighted by molar-refractivity contribution is 5.71. The maximum atomic E-state index is 12.9. The van der Waals surface area contributed by atoms with Crippen molar-refractivity contribution >= 4 is 17.9 Å². The summed E-state index contributed by atoms with van der Waals surface area (Å²) in [6.45, 7) is 6.68. The van der Waals surface area contributed by atoms with Crippen LogP contribution in [0.5, 0.6) is 0 Å². The van der Waals surface area contributed by atoms with E-state index >= 15 is 0 Å². The molecule has 0 heterocycles. The molecule has 0 saturated carbocycles. The Kier molecular flexibility index (Phi) is 59.1. The topological polar surface area (TPSA) is 78.9 Å². The highest BCUT2D eigenvalue weighted by Gasteiger charge is 2.19. The largest absolute Gasteiger partial charge is 0.462 e. The molecule has 71 heavy (non-hydrogen) atoms. The van der Waals surface area contributed by atoms with Gasteiger partial charge in [0.05, 0.1) is 0 Å². The van der Waals surface area contributed by atoms with Gasteiger partial charge in [0.2, 0.25) is 0 Å². The molecule has 1 atom stereocenters. The van der Waals surface area contributed by atoms with Crippen LogP contribution in [0.3, 0.4) is 0 Å². The summed E-state index contributed by atoms with van der Waals surface area (Å²) >= 11 is 0. The van der Waals surface area contributed by atoms with Crippen molar-refractivity contribution in [1.29, 1.82) is 0 Å². The van der Waals surface area contributed by atoms with Crippen molar-refractivity contribution in [1.82, 2.24) is 0 Å². The molecule has 0 rings (SSSR count). The van der Waals surface area contributed by atoms with Crippen LogP contribution in [0.25, 0.3) is 0 Å². The molecule has 0 aliphatic heterocycles. The Bertz CT molecular complexity index is 1100. The number of allylic oxidation sites excluding steroid dienone is 2. The molecule has 0 aliphatic rings. The first-order chi connectivity index (χ1) is 35.0. The number of hydrogen-bond acceptors (Lipinski definition) is 6. The second-order valence-corrected chi connectivity index (χ2v) is 22.0. The van der Waals surface area contributed by atoms with Crippen LogP contribution in [-0.4, -0.2) is 37.2 Å². The molecule has 6 heteroatoms. The predicted octanol–water partition coefficient (Wildman–Crippen LogP) is 21.7. The summed E-state index contributed by atoms with van der Waals surface area (Å²) in [6, 6.07) is 0. The summed E-state index contributed by atoms with van der Waals surface area (Å²) in [4.78, 5) is 38.2. The minimum atomic E-state index is -0.768. The van der Waals surface area contributed by atoms with E-state index in [0.717, 1.165) is 64.2 Å². The van der Waals surface area contributed by atoms with Crippen LogP contribution in [0.2, 0.25) is 0 Å². The van der Waals surface area contributed by atoms with Crippen LogP contribution >= 0.6 is 0 Å². The first-order valence-corrected chi connectivity index (χ1v) is 32.2.